The zero-order valence-corrected chi connectivity index (χ0v) is 19.0. The van der Waals surface area contributed by atoms with Crippen molar-refractivity contribution in [3.63, 3.8) is 0 Å². The van der Waals surface area contributed by atoms with Gasteiger partial charge in [0.15, 0.2) is 11.5 Å². The van der Waals surface area contributed by atoms with Gasteiger partial charge < -0.3 is 16.0 Å². The molecule has 1 saturated heterocycles. The van der Waals surface area contributed by atoms with Crippen LogP contribution >= 0.6 is 11.6 Å². The molecule has 1 saturated carbocycles. The first kappa shape index (κ1) is 22.3. The van der Waals surface area contributed by atoms with Gasteiger partial charge in [0.1, 0.15) is 12.6 Å². The van der Waals surface area contributed by atoms with Gasteiger partial charge in [-0.25, -0.2) is 4.39 Å². The predicted octanol–water partition coefficient (Wildman–Crippen LogP) is 3.34. The van der Waals surface area contributed by atoms with Crippen LogP contribution in [-0.2, 0) is 16.1 Å². The molecule has 3 atom stereocenters. The fourth-order valence-corrected chi connectivity index (χ4v) is 5.51. The van der Waals surface area contributed by atoms with Crippen LogP contribution < -0.4 is 11.1 Å². The Kier molecular flexibility index (Phi) is 5.73. The largest absolute Gasteiger partial charge is 0.364 e. The number of halogens is 2. The Labute approximate surface area is 199 Å². The molecule has 2 fully saturated rings. The minimum Gasteiger partial charge on any atom is -0.364 e. The Balaban J connectivity index is 1.43. The summed E-state index contributed by atoms with van der Waals surface area (Å²) >= 11 is 5.84. The van der Waals surface area contributed by atoms with E-state index in [0.717, 1.165) is 19.3 Å². The lowest BCUT2D eigenvalue weighted by Gasteiger charge is -2.29. The third-order valence-electron chi connectivity index (χ3n) is 6.81. The van der Waals surface area contributed by atoms with Crippen LogP contribution in [0.25, 0.3) is 10.9 Å². The number of hydrogen-bond donors (Lipinski definition) is 2. The number of likely N-dealkylation sites (tertiary alicyclic amines) is 1. The van der Waals surface area contributed by atoms with Gasteiger partial charge in [-0.05, 0) is 43.4 Å². The van der Waals surface area contributed by atoms with E-state index >= 15 is 0 Å². The zero-order chi connectivity index (χ0) is 24.0. The first-order chi connectivity index (χ1) is 16.3. The Morgan fingerprint density at radius 1 is 1.15 bits per heavy atom. The van der Waals surface area contributed by atoms with E-state index in [0.29, 0.717) is 17.3 Å². The normalized spacial score (nSPS) is 21.6. The first-order valence-electron chi connectivity index (χ1n) is 11.2. The number of primary amides is 1. The highest BCUT2D eigenvalue weighted by Gasteiger charge is 2.48. The van der Waals surface area contributed by atoms with Crippen molar-refractivity contribution in [3.05, 3.63) is 59.0 Å². The van der Waals surface area contributed by atoms with Gasteiger partial charge in [-0.15, -0.1) is 0 Å². The molecular weight excluding hydrogens is 461 g/mol. The van der Waals surface area contributed by atoms with Gasteiger partial charge in [0, 0.05) is 11.4 Å². The summed E-state index contributed by atoms with van der Waals surface area (Å²) in [7, 11) is 0. The molecule has 1 aromatic heterocycles. The maximum Gasteiger partial charge on any atom is 0.269 e. The Morgan fingerprint density at radius 2 is 1.94 bits per heavy atom. The molecule has 3 amide bonds. The zero-order valence-electron chi connectivity index (χ0n) is 18.2. The van der Waals surface area contributed by atoms with Crippen molar-refractivity contribution in [3.8, 4) is 0 Å². The van der Waals surface area contributed by atoms with E-state index in [2.05, 4.69) is 10.4 Å². The topological polar surface area (TPSA) is 110 Å². The Morgan fingerprint density at radius 3 is 2.74 bits per heavy atom. The number of hydrogen-bond acceptors (Lipinski definition) is 4. The number of carbonyl (C=O) groups excluding carboxylic acids is 3. The first-order valence-corrected chi connectivity index (χ1v) is 11.5. The van der Waals surface area contributed by atoms with E-state index < -0.39 is 23.7 Å². The van der Waals surface area contributed by atoms with Crippen molar-refractivity contribution in [1.82, 2.24) is 14.7 Å². The van der Waals surface area contributed by atoms with Gasteiger partial charge >= 0.3 is 0 Å². The van der Waals surface area contributed by atoms with Crippen LogP contribution in [0.4, 0.5) is 10.1 Å². The molecule has 8 nitrogen and oxygen atoms in total. The molecule has 2 aliphatic rings. The van der Waals surface area contributed by atoms with E-state index in [1.54, 1.807) is 35.2 Å². The number of fused-ring (bicyclic) bond motifs is 2. The lowest BCUT2D eigenvalue weighted by molar-refractivity contribution is -0.139. The number of aromatic nitrogens is 2. The van der Waals surface area contributed by atoms with Crippen LogP contribution in [0, 0.1) is 11.7 Å². The van der Waals surface area contributed by atoms with Gasteiger partial charge in [0.05, 0.1) is 16.2 Å². The van der Waals surface area contributed by atoms with Crippen LogP contribution in [0.1, 0.15) is 36.2 Å². The second-order valence-electron chi connectivity index (χ2n) is 8.79. The van der Waals surface area contributed by atoms with E-state index in [9.17, 15) is 18.8 Å². The van der Waals surface area contributed by atoms with Gasteiger partial charge in [0.25, 0.3) is 5.91 Å². The summed E-state index contributed by atoms with van der Waals surface area (Å²) in [5.41, 5.74) is 6.15. The molecule has 3 N–H and O–H groups in total. The smallest absolute Gasteiger partial charge is 0.269 e. The molecule has 0 unspecified atom stereocenters. The van der Waals surface area contributed by atoms with Crippen molar-refractivity contribution in [1.29, 1.82) is 0 Å². The molecule has 2 heterocycles. The van der Waals surface area contributed by atoms with Crippen LogP contribution in [0.3, 0.4) is 0 Å². The van der Waals surface area contributed by atoms with Crippen molar-refractivity contribution < 1.29 is 18.8 Å². The predicted molar refractivity (Wildman–Crippen MR) is 125 cm³/mol. The van der Waals surface area contributed by atoms with Crippen LogP contribution in [-0.4, -0.2) is 44.5 Å². The monoisotopic (exact) mass is 483 g/mol. The van der Waals surface area contributed by atoms with E-state index in [1.807, 2.05) is 0 Å². The molecule has 1 aliphatic carbocycles. The minimum absolute atomic E-state index is 0.0221. The van der Waals surface area contributed by atoms with E-state index in [1.165, 1.54) is 16.8 Å². The van der Waals surface area contributed by atoms with Crippen molar-refractivity contribution in [2.75, 3.05) is 5.32 Å². The SMILES string of the molecule is NC(=O)c1nn(CC(=O)N2[C@H](C(=O)Nc3cccc(Cl)c3F)C[C@@H]3CCC[C@@H]32)c2ccccc12. The number of nitrogens with two attached hydrogens (primary N) is 1. The number of nitrogens with one attached hydrogen (secondary N) is 1. The van der Waals surface area contributed by atoms with Crippen LogP contribution in [0.5, 0.6) is 0 Å². The number of amides is 3. The number of anilines is 1. The molecule has 176 valence electrons. The minimum atomic E-state index is -0.737. The highest BCUT2D eigenvalue weighted by atomic mass is 35.5. The summed E-state index contributed by atoms with van der Waals surface area (Å²) in [6.07, 6.45) is 3.22. The van der Waals surface area contributed by atoms with Gasteiger partial charge in [-0.2, -0.15) is 5.10 Å². The Hall–Kier alpha value is -3.46. The standard InChI is InChI=1S/C24H23ClFN5O3/c25-15-7-4-8-16(21(15)26)28-24(34)19-11-13-5-3-10-17(13)31(19)20(32)12-30-18-9-2-1-6-14(18)22(29-30)23(27)33/h1-2,4,6-9,13,17,19H,3,5,10-12H2,(H2,27,33)(H,28,34)/t13-,17-,19-/m0/s1. The maximum atomic E-state index is 14.4. The second-order valence-corrected chi connectivity index (χ2v) is 9.20. The number of nitrogens with zero attached hydrogens (tertiary/aromatic N) is 3. The molecule has 0 radical (unpaired) electrons. The molecule has 34 heavy (non-hydrogen) atoms. The highest BCUT2D eigenvalue weighted by molar-refractivity contribution is 6.31. The molecule has 10 heteroatoms. The molecule has 2 aromatic carbocycles. The van der Waals surface area contributed by atoms with E-state index in [4.69, 9.17) is 17.3 Å². The summed E-state index contributed by atoms with van der Waals surface area (Å²) in [6.45, 7) is -0.147. The third kappa shape index (κ3) is 3.79. The molecule has 3 aromatic rings. The van der Waals surface area contributed by atoms with E-state index in [-0.39, 0.29) is 40.8 Å². The molecule has 5 rings (SSSR count). The Bertz CT molecular complexity index is 1310. The fraction of sp³-hybridized carbons (Fsp3) is 0.333. The third-order valence-corrected chi connectivity index (χ3v) is 7.11. The number of carbonyl (C=O) groups is 3. The molecule has 0 spiro atoms. The quantitative estimate of drug-likeness (QED) is 0.579. The highest BCUT2D eigenvalue weighted by Crippen LogP contribution is 2.42. The average Bonchev–Trinajstić information content (AvgIpc) is 3.50. The fourth-order valence-electron chi connectivity index (χ4n) is 5.34. The van der Waals surface area contributed by atoms with Gasteiger partial charge in [0.2, 0.25) is 11.8 Å². The second kappa shape index (κ2) is 8.72. The number of rotatable bonds is 5. The maximum absolute atomic E-state index is 14.4. The van der Waals surface area contributed by atoms with Crippen molar-refractivity contribution >= 4 is 45.9 Å². The summed E-state index contributed by atoms with van der Waals surface area (Å²) in [6, 6.07) is 10.6. The molecule has 1 aliphatic heterocycles. The van der Waals surface area contributed by atoms with Crippen LogP contribution in [0.2, 0.25) is 5.02 Å². The summed E-state index contributed by atoms with van der Waals surface area (Å²) in [5, 5.41) is 7.35. The molecule has 0 bridgehead atoms. The summed E-state index contributed by atoms with van der Waals surface area (Å²) in [5.74, 6) is -1.92. The summed E-state index contributed by atoms with van der Waals surface area (Å²) in [4.78, 5) is 40.2. The number of para-hydroxylation sites is 1. The average molecular weight is 484 g/mol. The van der Waals surface area contributed by atoms with Gasteiger partial charge in [-0.1, -0.05) is 42.3 Å². The van der Waals surface area contributed by atoms with Gasteiger partial charge in [-0.3, -0.25) is 19.1 Å². The number of benzene rings is 2. The summed E-state index contributed by atoms with van der Waals surface area (Å²) < 4.78 is 15.8. The van der Waals surface area contributed by atoms with Crippen LogP contribution in [0.15, 0.2) is 42.5 Å². The molecular formula is C24H23ClFN5O3. The van der Waals surface area contributed by atoms with Crippen molar-refractivity contribution in [2.45, 2.75) is 44.3 Å². The lowest BCUT2D eigenvalue weighted by atomic mass is 10.0. The lowest BCUT2D eigenvalue weighted by Crippen LogP contribution is -2.48. The van der Waals surface area contributed by atoms with Crippen molar-refractivity contribution in [2.24, 2.45) is 11.7 Å².